The van der Waals surface area contributed by atoms with Crippen molar-refractivity contribution in [3.8, 4) is 5.69 Å². The van der Waals surface area contributed by atoms with Crippen molar-refractivity contribution in [3.63, 3.8) is 0 Å². The number of aromatic nitrogens is 2. The second-order valence-electron chi connectivity index (χ2n) is 9.19. The second-order valence-corrected chi connectivity index (χ2v) is 9.19. The molecule has 3 rings (SSSR count). The molecule has 0 aliphatic heterocycles. The topological polar surface area (TPSA) is 128 Å². The maximum Gasteiger partial charge on any atom is 1.00 e. The summed E-state index contributed by atoms with van der Waals surface area (Å²) in [7, 11) is 0. The number of carboxylic acid groups (broad SMARTS) is 1. The normalized spacial score (nSPS) is 13.7. The van der Waals surface area contributed by atoms with E-state index in [-0.39, 0.29) is 59.5 Å². The van der Waals surface area contributed by atoms with Gasteiger partial charge in [-0.05, 0) is 48.7 Å². The second kappa shape index (κ2) is 14.4. The molecule has 3 atom stereocenters. The monoisotopic (exact) mass is 531 g/mol. The predicted molar refractivity (Wildman–Crippen MR) is 135 cm³/mol. The zero-order chi connectivity index (χ0) is 27.1. The summed E-state index contributed by atoms with van der Waals surface area (Å²) in [5.41, 5.74) is 2.73. The Labute approximate surface area is 243 Å². The smallest absolute Gasteiger partial charge is 0.550 e. The van der Waals surface area contributed by atoms with Crippen molar-refractivity contribution in [2.24, 2.45) is 0 Å². The van der Waals surface area contributed by atoms with Gasteiger partial charge in [-0.15, -0.1) is 0 Å². The van der Waals surface area contributed by atoms with E-state index >= 15 is 0 Å². The Morgan fingerprint density at radius 2 is 1.71 bits per heavy atom. The van der Waals surface area contributed by atoms with Gasteiger partial charge in [-0.3, -0.25) is 4.79 Å². The number of nitrogens with one attached hydrogen (secondary N) is 1. The van der Waals surface area contributed by atoms with E-state index in [2.05, 4.69) is 10.4 Å². The zero-order valence-corrected chi connectivity index (χ0v) is 24.0. The van der Waals surface area contributed by atoms with Crippen LogP contribution in [0, 0.1) is 5.82 Å². The molecule has 0 fully saturated rings. The number of aliphatic hydroxyl groups is 2. The minimum Gasteiger partial charge on any atom is -0.550 e. The van der Waals surface area contributed by atoms with E-state index in [9.17, 15) is 29.3 Å². The van der Waals surface area contributed by atoms with Crippen LogP contribution in [0.4, 0.5) is 4.39 Å². The molecular weight excluding hydrogens is 500 g/mol. The molecule has 0 radical (unpaired) electrons. The van der Waals surface area contributed by atoms with E-state index in [1.807, 2.05) is 51.1 Å². The molecule has 2 aromatic carbocycles. The van der Waals surface area contributed by atoms with Crippen LogP contribution >= 0.6 is 0 Å². The third kappa shape index (κ3) is 8.34. The van der Waals surface area contributed by atoms with Gasteiger partial charge in [0, 0.05) is 24.4 Å². The molecule has 0 bridgehead atoms. The number of aliphatic carboxylic acids is 1. The summed E-state index contributed by atoms with van der Waals surface area (Å²) in [4.78, 5) is 24.1. The first kappa shape index (κ1) is 31.4. The number of hydrogen-bond donors (Lipinski definition) is 3. The SMILES string of the molecule is CC(C)c1c(C(=O)N[C@H](C)c2ccccc2)nn(-c2ccc(F)cc2)c1C=C[C@H](O)C[C@@H](O)CC(=O)[O-].[Na+]. The Bertz CT molecular complexity index is 1250. The van der Waals surface area contributed by atoms with Crippen molar-refractivity contribution in [1.82, 2.24) is 15.1 Å². The van der Waals surface area contributed by atoms with Gasteiger partial charge in [0.25, 0.3) is 5.91 Å². The fourth-order valence-electron chi connectivity index (χ4n) is 4.04. The third-order valence-electron chi connectivity index (χ3n) is 5.86. The van der Waals surface area contributed by atoms with Crippen LogP contribution in [0.5, 0.6) is 0 Å². The molecule has 1 aromatic heterocycles. The van der Waals surface area contributed by atoms with Crippen LogP contribution in [-0.4, -0.2) is 44.1 Å². The molecule has 1 amide bonds. The number of aliphatic hydroxyl groups excluding tert-OH is 2. The minimum absolute atomic E-state index is 0. The number of carbonyl (C=O) groups excluding carboxylic acids is 2. The molecule has 0 unspecified atom stereocenters. The van der Waals surface area contributed by atoms with Crippen LogP contribution < -0.4 is 40.0 Å². The number of carbonyl (C=O) groups is 2. The molecule has 196 valence electrons. The predicted octanol–water partition coefficient (Wildman–Crippen LogP) is -0.105. The average molecular weight is 532 g/mol. The van der Waals surface area contributed by atoms with Crippen molar-refractivity contribution in [2.75, 3.05) is 0 Å². The van der Waals surface area contributed by atoms with Crippen molar-refractivity contribution in [2.45, 2.75) is 57.8 Å². The number of hydrogen-bond acceptors (Lipinski definition) is 6. The van der Waals surface area contributed by atoms with E-state index in [1.54, 1.807) is 6.08 Å². The van der Waals surface area contributed by atoms with Crippen molar-refractivity contribution < 1.29 is 58.9 Å². The van der Waals surface area contributed by atoms with Crippen LogP contribution in [0.15, 0.2) is 60.7 Å². The Morgan fingerprint density at radius 1 is 1.08 bits per heavy atom. The van der Waals surface area contributed by atoms with Gasteiger partial charge >= 0.3 is 29.6 Å². The molecule has 1 heterocycles. The number of amides is 1. The van der Waals surface area contributed by atoms with Gasteiger partial charge in [-0.2, -0.15) is 5.10 Å². The molecule has 0 spiro atoms. The van der Waals surface area contributed by atoms with E-state index in [0.717, 1.165) is 5.56 Å². The van der Waals surface area contributed by atoms with E-state index in [1.165, 1.54) is 35.0 Å². The van der Waals surface area contributed by atoms with E-state index < -0.39 is 30.4 Å². The third-order valence-corrected chi connectivity index (χ3v) is 5.86. The van der Waals surface area contributed by atoms with Crippen LogP contribution in [-0.2, 0) is 4.79 Å². The summed E-state index contributed by atoms with van der Waals surface area (Å²) >= 11 is 0. The Kier molecular flexibility index (Phi) is 11.9. The maximum absolute atomic E-state index is 13.6. The molecule has 8 nitrogen and oxygen atoms in total. The van der Waals surface area contributed by atoms with Crippen LogP contribution in [0.1, 0.15) is 72.9 Å². The molecule has 0 aliphatic carbocycles. The number of benzene rings is 2. The van der Waals surface area contributed by atoms with Gasteiger partial charge in [0.1, 0.15) is 5.82 Å². The average Bonchev–Trinajstić information content (AvgIpc) is 3.23. The van der Waals surface area contributed by atoms with Gasteiger partial charge in [0.05, 0.1) is 29.6 Å². The molecule has 3 N–H and O–H groups in total. The fourth-order valence-corrected chi connectivity index (χ4v) is 4.04. The molecule has 3 aromatic rings. The number of halogens is 1. The largest absolute Gasteiger partial charge is 1.00 e. The quantitative estimate of drug-likeness (QED) is 0.297. The fraction of sp³-hybridized carbons (Fsp3) is 0.321. The Morgan fingerprint density at radius 3 is 2.29 bits per heavy atom. The molecule has 38 heavy (non-hydrogen) atoms. The van der Waals surface area contributed by atoms with Crippen molar-refractivity contribution in [3.05, 3.63) is 89.0 Å². The summed E-state index contributed by atoms with van der Waals surface area (Å²) in [6, 6.07) is 14.8. The molecule has 10 heteroatoms. The standard InChI is InChI=1S/C28H32FN3O5.Na/c1-17(2)26-24(14-13-22(33)15-23(34)16-25(35)36)32(21-11-9-20(29)10-12-21)31-27(26)28(37)30-18(3)19-7-5-4-6-8-19;/h4-14,17-18,22-23,33-34H,15-16H2,1-3H3,(H,30,37)(H,35,36);/q;+1/p-1/t18-,22+,23-;/m1./s1. The Hall–Kier alpha value is -2.82. The Balaban J connectivity index is 0.00000507. The van der Waals surface area contributed by atoms with Gasteiger partial charge in [-0.25, -0.2) is 9.07 Å². The summed E-state index contributed by atoms with van der Waals surface area (Å²) in [6.07, 6.45) is -0.290. The van der Waals surface area contributed by atoms with Crippen molar-refractivity contribution in [1.29, 1.82) is 0 Å². The number of nitrogens with zero attached hydrogens (tertiary/aromatic N) is 2. The first-order valence-electron chi connectivity index (χ1n) is 12.1. The van der Waals surface area contributed by atoms with Crippen LogP contribution in [0.2, 0.25) is 0 Å². The molecule has 0 saturated carbocycles. The first-order chi connectivity index (χ1) is 17.6. The van der Waals surface area contributed by atoms with Crippen LogP contribution in [0.25, 0.3) is 11.8 Å². The summed E-state index contributed by atoms with van der Waals surface area (Å²) < 4.78 is 15.1. The van der Waals surface area contributed by atoms with Crippen LogP contribution in [0.3, 0.4) is 0 Å². The number of rotatable bonds is 11. The van der Waals surface area contributed by atoms with Crippen molar-refractivity contribution >= 4 is 18.0 Å². The number of carboxylic acids is 1. The first-order valence-corrected chi connectivity index (χ1v) is 12.1. The van der Waals surface area contributed by atoms with E-state index in [0.29, 0.717) is 16.9 Å². The maximum atomic E-state index is 13.6. The zero-order valence-electron chi connectivity index (χ0n) is 22.0. The van der Waals surface area contributed by atoms with E-state index in [4.69, 9.17) is 0 Å². The van der Waals surface area contributed by atoms with Gasteiger partial charge < -0.3 is 25.4 Å². The minimum atomic E-state index is -1.42. The van der Waals surface area contributed by atoms with Gasteiger partial charge in [0.15, 0.2) is 5.69 Å². The van der Waals surface area contributed by atoms with Gasteiger partial charge in [-0.1, -0.05) is 50.3 Å². The van der Waals surface area contributed by atoms with Gasteiger partial charge in [0.2, 0.25) is 0 Å². The molecule has 0 saturated heterocycles. The summed E-state index contributed by atoms with van der Waals surface area (Å²) in [5.74, 6) is -2.38. The molecule has 0 aliphatic rings. The molecular formula is C28H31FN3NaO5. The summed E-state index contributed by atoms with van der Waals surface area (Å²) in [6.45, 7) is 5.68. The summed E-state index contributed by atoms with van der Waals surface area (Å²) in [5, 5.41) is 38.4.